The Balaban J connectivity index is 1.78. The normalized spacial score (nSPS) is 21.3. The third-order valence-electron chi connectivity index (χ3n) is 5.46. The summed E-state index contributed by atoms with van der Waals surface area (Å²) < 4.78 is 11.0. The van der Waals surface area contributed by atoms with E-state index >= 15 is 0 Å². The first-order valence-electron chi connectivity index (χ1n) is 9.25. The number of hydrogen-bond acceptors (Lipinski definition) is 5. The number of ether oxygens (including phenoxy) is 2. The molecule has 0 aromatic heterocycles. The zero-order chi connectivity index (χ0) is 20.5. The van der Waals surface area contributed by atoms with Crippen molar-refractivity contribution in [2.45, 2.75) is 24.7 Å². The summed E-state index contributed by atoms with van der Waals surface area (Å²) in [7, 11) is 1.59. The summed E-state index contributed by atoms with van der Waals surface area (Å²) in [6.07, 6.45) is 0.800. The highest BCUT2D eigenvalue weighted by molar-refractivity contribution is 6.31. The molecule has 0 amide bonds. The first-order chi connectivity index (χ1) is 14.0. The van der Waals surface area contributed by atoms with E-state index in [1.807, 2.05) is 36.4 Å². The molecule has 2 aromatic rings. The first-order valence-corrected chi connectivity index (χ1v) is 9.63. The highest BCUT2D eigenvalue weighted by Gasteiger charge is 2.41. The van der Waals surface area contributed by atoms with E-state index in [2.05, 4.69) is 6.07 Å². The van der Waals surface area contributed by atoms with Gasteiger partial charge in [0.15, 0.2) is 5.78 Å². The number of allylic oxidation sites excluding steroid dienone is 3. The lowest BCUT2D eigenvalue weighted by atomic mass is 9.73. The van der Waals surface area contributed by atoms with Crippen LogP contribution in [0, 0.1) is 11.3 Å². The largest absolute Gasteiger partial charge is 0.497 e. The van der Waals surface area contributed by atoms with E-state index in [1.54, 1.807) is 19.2 Å². The molecule has 2 N–H and O–H groups in total. The van der Waals surface area contributed by atoms with Gasteiger partial charge in [-0.3, -0.25) is 4.79 Å². The zero-order valence-corrected chi connectivity index (χ0v) is 16.6. The number of carbonyl (C=O) groups is 1. The fourth-order valence-corrected chi connectivity index (χ4v) is 4.35. The second kappa shape index (κ2) is 7.65. The topological polar surface area (TPSA) is 85.3 Å². The van der Waals surface area contributed by atoms with Crippen LogP contribution >= 0.6 is 11.6 Å². The molecule has 0 fully saturated rings. The fraction of sp³-hybridized carbons (Fsp3) is 0.217. The second-order valence-corrected chi connectivity index (χ2v) is 7.49. The molecular formula is C23H19ClN2O3. The van der Waals surface area contributed by atoms with E-state index in [-0.39, 0.29) is 23.2 Å². The number of Topliss-reactive ketones (excluding diaryl/α,β-unsaturated/α-hetero) is 1. The summed E-state index contributed by atoms with van der Waals surface area (Å²) in [5.74, 6) is 0.553. The second-order valence-electron chi connectivity index (χ2n) is 7.08. The van der Waals surface area contributed by atoms with Gasteiger partial charge in [-0.15, -0.1) is 0 Å². The molecule has 1 aliphatic heterocycles. The van der Waals surface area contributed by atoms with Gasteiger partial charge in [-0.05, 0) is 35.2 Å². The molecule has 0 saturated heterocycles. The maximum Gasteiger partial charge on any atom is 0.205 e. The maximum absolute atomic E-state index is 13.2. The summed E-state index contributed by atoms with van der Waals surface area (Å²) in [6.45, 7) is 0. The monoisotopic (exact) mass is 406 g/mol. The fourth-order valence-electron chi connectivity index (χ4n) is 4.06. The van der Waals surface area contributed by atoms with Crippen molar-refractivity contribution < 1.29 is 14.3 Å². The van der Waals surface area contributed by atoms with Gasteiger partial charge in [0.05, 0.1) is 13.0 Å². The number of nitrogens with two attached hydrogens (primary N) is 1. The summed E-state index contributed by atoms with van der Waals surface area (Å²) in [5.41, 5.74) is 8.54. The van der Waals surface area contributed by atoms with E-state index in [9.17, 15) is 10.1 Å². The molecule has 0 unspecified atom stereocenters. The molecule has 146 valence electrons. The SMILES string of the molecule is COc1ccc([C@@H]2C(C#N)=C(N)OC3=C2C(=O)C[C@H](c2ccccc2Cl)C3)cc1. The number of hydrogen-bond donors (Lipinski definition) is 1. The first kappa shape index (κ1) is 19.1. The highest BCUT2D eigenvalue weighted by Crippen LogP contribution is 2.47. The van der Waals surface area contributed by atoms with E-state index < -0.39 is 5.92 Å². The molecule has 2 atom stereocenters. The molecule has 1 aliphatic carbocycles. The zero-order valence-electron chi connectivity index (χ0n) is 15.8. The number of ketones is 1. The van der Waals surface area contributed by atoms with Crippen molar-refractivity contribution in [1.29, 1.82) is 5.26 Å². The van der Waals surface area contributed by atoms with E-state index in [0.717, 1.165) is 11.1 Å². The van der Waals surface area contributed by atoms with Gasteiger partial charge in [-0.1, -0.05) is 41.9 Å². The van der Waals surface area contributed by atoms with Crippen LogP contribution in [0.3, 0.4) is 0 Å². The van der Waals surface area contributed by atoms with Crippen LogP contribution in [0.25, 0.3) is 0 Å². The van der Waals surface area contributed by atoms with Gasteiger partial charge in [0, 0.05) is 23.4 Å². The van der Waals surface area contributed by atoms with Crippen LogP contribution in [0.1, 0.15) is 35.8 Å². The van der Waals surface area contributed by atoms with Crippen LogP contribution in [0.2, 0.25) is 5.02 Å². The number of rotatable bonds is 3. The van der Waals surface area contributed by atoms with Crippen molar-refractivity contribution in [3.8, 4) is 11.8 Å². The maximum atomic E-state index is 13.2. The number of nitriles is 1. The van der Waals surface area contributed by atoms with Gasteiger partial charge in [0.2, 0.25) is 5.88 Å². The predicted octanol–water partition coefficient (Wildman–Crippen LogP) is 4.56. The minimum absolute atomic E-state index is 0.0414. The van der Waals surface area contributed by atoms with Crippen LogP contribution in [-0.4, -0.2) is 12.9 Å². The average molecular weight is 407 g/mol. The Morgan fingerprint density at radius 3 is 2.55 bits per heavy atom. The van der Waals surface area contributed by atoms with Crippen LogP contribution in [0.5, 0.6) is 5.75 Å². The quantitative estimate of drug-likeness (QED) is 0.807. The number of halogens is 1. The van der Waals surface area contributed by atoms with Crippen LogP contribution in [-0.2, 0) is 9.53 Å². The van der Waals surface area contributed by atoms with Gasteiger partial charge >= 0.3 is 0 Å². The minimum Gasteiger partial charge on any atom is -0.497 e. The molecule has 0 saturated carbocycles. The number of nitrogens with zero attached hydrogens (tertiary/aromatic N) is 1. The van der Waals surface area contributed by atoms with E-state index in [1.165, 1.54) is 0 Å². The predicted molar refractivity (Wildman–Crippen MR) is 109 cm³/mol. The van der Waals surface area contributed by atoms with E-state index in [0.29, 0.717) is 34.9 Å². The van der Waals surface area contributed by atoms with Crippen LogP contribution in [0.4, 0.5) is 0 Å². The molecule has 0 radical (unpaired) electrons. The lowest BCUT2D eigenvalue weighted by Gasteiger charge is -2.34. The van der Waals surface area contributed by atoms with Crippen LogP contribution in [0.15, 0.2) is 71.3 Å². The Labute approximate surface area is 174 Å². The Morgan fingerprint density at radius 1 is 1.17 bits per heavy atom. The van der Waals surface area contributed by atoms with Gasteiger partial charge in [-0.25, -0.2) is 0 Å². The molecule has 29 heavy (non-hydrogen) atoms. The number of methoxy groups -OCH3 is 1. The summed E-state index contributed by atoms with van der Waals surface area (Å²) in [6, 6.07) is 16.9. The van der Waals surface area contributed by atoms with Crippen molar-refractivity contribution in [2.75, 3.05) is 7.11 Å². The average Bonchev–Trinajstić information content (AvgIpc) is 2.73. The molecule has 2 aliphatic rings. The molecular weight excluding hydrogens is 388 g/mol. The molecule has 6 heteroatoms. The lowest BCUT2D eigenvalue weighted by molar-refractivity contribution is -0.117. The third-order valence-corrected chi connectivity index (χ3v) is 5.80. The molecule has 5 nitrogen and oxygen atoms in total. The highest BCUT2D eigenvalue weighted by atomic mass is 35.5. The molecule has 4 rings (SSSR count). The standard InChI is InChI=1S/C23H19ClN2O3/c1-28-15-8-6-13(7-9-15)21-17(12-25)23(26)29-20-11-14(10-19(27)22(20)21)16-4-2-3-5-18(16)24/h2-9,14,21H,10-11,26H2,1H3/t14-,21+/m0/s1. The summed E-state index contributed by atoms with van der Waals surface area (Å²) in [4.78, 5) is 13.2. The minimum atomic E-state index is -0.547. The molecule has 0 spiro atoms. The van der Waals surface area contributed by atoms with Crippen molar-refractivity contribution in [2.24, 2.45) is 5.73 Å². The Bertz CT molecular complexity index is 1080. The van der Waals surface area contributed by atoms with Crippen molar-refractivity contribution in [1.82, 2.24) is 0 Å². The van der Waals surface area contributed by atoms with Crippen molar-refractivity contribution in [3.05, 3.63) is 87.5 Å². The van der Waals surface area contributed by atoms with E-state index in [4.69, 9.17) is 26.8 Å². The van der Waals surface area contributed by atoms with Crippen molar-refractivity contribution >= 4 is 17.4 Å². The van der Waals surface area contributed by atoms with Gasteiger partial charge < -0.3 is 15.2 Å². The smallest absolute Gasteiger partial charge is 0.205 e. The van der Waals surface area contributed by atoms with Crippen LogP contribution < -0.4 is 10.5 Å². The third kappa shape index (κ3) is 3.37. The molecule has 1 heterocycles. The van der Waals surface area contributed by atoms with Gasteiger partial charge in [0.25, 0.3) is 0 Å². The van der Waals surface area contributed by atoms with Gasteiger partial charge in [-0.2, -0.15) is 5.26 Å². The lowest BCUT2D eigenvalue weighted by Crippen LogP contribution is -2.30. The Morgan fingerprint density at radius 2 is 1.90 bits per heavy atom. The summed E-state index contributed by atoms with van der Waals surface area (Å²) in [5, 5.41) is 10.3. The van der Waals surface area contributed by atoms with Crippen molar-refractivity contribution in [3.63, 3.8) is 0 Å². The molecule has 0 bridgehead atoms. The summed E-state index contributed by atoms with van der Waals surface area (Å²) >= 11 is 6.35. The Kier molecular flexibility index (Phi) is 5.04. The number of carbonyl (C=O) groups excluding carboxylic acids is 1. The Hall–Kier alpha value is -3.23. The van der Waals surface area contributed by atoms with Gasteiger partial charge in [0.1, 0.15) is 23.2 Å². The molecule has 2 aromatic carbocycles. The number of benzene rings is 2.